The summed E-state index contributed by atoms with van der Waals surface area (Å²) in [5, 5.41) is 1.42. The zero-order valence-electron chi connectivity index (χ0n) is 13.8. The lowest BCUT2D eigenvalue weighted by Gasteiger charge is -2.16. The number of ether oxygens (including phenoxy) is 2. The van der Waals surface area contributed by atoms with Crippen molar-refractivity contribution in [3.05, 3.63) is 58.4 Å². The Bertz CT molecular complexity index is 932. The summed E-state index contributed by atoms with van der Waals surface area (Å²) in [4.78, 5) is 15.5. The second-order valence-electron chi connectivity index (χ2n) is 5.52. The van der Waals surface area contributed by atoms with E-state index < -0.39 is 0 Å². The molecule has 0 spiro atoms. The molecule has 0 saturated carbocycles. The van der Waals surface area contributed by atoms with E-state index in [1.54, 1.807) is 13.2 Å². The molecule has 0 aliphatic carbocycles. The van der Waals surface area contributed by atoms with Gasteiger partial charge in [0.15, 0.2) is 5.75 Å². The maximum Gasteiger partial charge on any atom is 0.256 e. The van der Waals surface area contributed by atoms with Gasteiger partial charge in [-0.1, -0.05) is 24.3 Å². The average Bonchev–Trinajstić information content (AvgIpc) is 2.61. The van der Waals surface area contributed by atoms with Crippen LogP contribution in [0.5, 0.6) is 11.5 Å². The molecule has 0 amide bonds. The van der Waals surface area contributed by atoms with Crippen LogP contribution in [0.25, 0.3) is 22.0 Å². The van der Waals surface area contributed by atoms with Crippen molar-refractivity contribution in [2.45, 2.75) is 6.92 Å². The summed E-state index contributed by atoms with van der Waals surface area (Å²) in [6.07, 6.45) is 0. The Labute approximate surface area is 140 Å². The Kier molecular flexibility index (Phi) is 4.53. The molecule has 124 valence electrons. The van der Waals surface area contributed by atoms with E-state index >= 15 is 0 Å². The third kappa shape index (κ3) is 2.86. The molecule has 1 heterocycles. The van der Waals surface area contributed by atoms with Crippen molar-refractivity contribution in [1.82, 2.24) is 4.98 Å². The predicted molar refractivity (Wildman–Crippen MR) is 95.8 cm³/mol. The van der Waals surface area contributed by atoms with E-state index in [1.807, 2.05) is 43.3 Å². The van der Waals surface area contributed by atoms with Crippen LogP contribution in [-0.4, -0.2) is 25.2 Å². The third-order valence-corrected chi connectivity index (χ3v) is 3.93. The van der Waals surface area contributed by atoms with Gasteiger partial charge in [0.25, 0.3) is 5.56 Å². The molecule has 0 aliphatic rings. The lowest BCUT2D eigenvalue weighted by molar-refractivity contribution is 0.332. The van der Waals surface area contributed by atoms with Crippen LogP contribution in [0, 0.1) is 6.92 Å². The van der Waals surface area contributed by atoms with Crippen LogP contribution in [0.2, 0.25) is 0 Å². The molecular formula is C19H20N2O3. The predicted octanol–water partition coefficient (Wildman–Crippen LogP) is 2.85. The van der Waals surface area contributed by atoms with E-state index in [-0.39, 0.29) is 5.56 Å². The number of aryl methyl sites for hydroxylation is 1. The monoisotopic (exact) mass is 324 g/mol. The van der Waals surface area contributed by atoms with Gasteiger partial charge in [-0.25, -0.2) is 0 Å². The first-order valence-electron chi connectivity index (χ1n) is 7.78. The van der Waals surface area contributed by atoms with Crippen LogP contribution in [0.3, 0.4) is 0 Å². The Morgan fingerprint density at radius 2 is 1.96 bits per heavy atom. The third-order valence-electron chi connectivity index (χ3n) is 3.93. The first-order valence-corrected chi connectivity index (χ1v) is 7.78. The van der Waals surface area contributed by atoms with Crippen LogP contribution in [0.1, 0.15) is 5.56 Å². The van der Waals surface area contributed by atoms with Gasteiger partial charge >= 0.3 is 0 Å². The SMILES string of the molecule is COc1cccc(-c2[nH]c(=O)c3cccc(C)c3c2OCCN)c1. The zero-order chi connectivity index (χ0) is 17.1. The van der Waals surface area contributed by atoms with E-state index in [0.29, 0.717) is 35.7 Å². The second kappa shape index (κ2) is 6.76. The van der Waals surface area contributed by atoms with E-state index in [2.05, 4.69) is 4.98 Å². The van der Waals surface area contributed by atoms with Crippen molar-refractivity contribution >= 4 is 10.8 Å². The summed E-state index contributed by atoms with van der Waals surface area (Å²) in [5.74, 6) is 1.35. The van der Waals surface area contributed by atoms with Gasteiger partial charge < -0.3 is 20.2 Å². The van der Waals surface area contributed by atoms with Crippen molar-refractivity contribution < 1.29 is 9.47 Å². The number of benzene rings is 2. The zero-order valence-corrected chi connectivity index (χ0v) is 13.8. The summed E-state index contributed by atoms with van der Waals surface area (Å²) in [7, 11) is 1.61. The molecule has 0 unspecified atom stereocenters. The summed E-state index contributed by atoms with van der Waals surface area (Å²) < 4.78 is 11.2. The largest absolute Gasteiger partial charge is 0.497 e. The fraction of sp³-hybridized carbons (Fsp3) is 0.211. The highest BCUT2D eigenvalue weighted by atomic mass is 16.5. The molecular weight excluding hydrogens is 304 g/mol. The number of pyridine rings is 1. The molecule has 0 bridgehead atoms. The number of hydrogen-bond acceptors (Lipinski definition) is 4. The molecule has 5 nitrogen and oxygen atoms in total. The normalized spacial score (nSPS) is 10.8. The van der Waals surface area contributed by atoms with Crippen molar-refractivity contribution in [3.63, 3.8) is 0 Å². The number of nitrogens with two attached hydrogens (primary N) is 1. The lowest BCUT2D eigenvalue weighted by atomic mass is 10.0. The second-order valence-corrected chi connectivity index (χ2v) is 5.52. The molecule has 0 saturated heterocycles. The lowest BCUT2D eigenvalue weighted by Crippen LogP contribution is -2.15. The molecule has 5 heteroatoms. The Hall–Kier alpha value is -2.79. The van der Waals surface area contributed by atoms with Crippen molar-refractivity contribution in [2.24, 2.45) is 5.73 Å². The number of fused-ring (bicyclic) bond motifs is 1. The molecule has 3 N–H and O–H groups in total. The van der Waals surface area contributed by atoms with Gasteiger partial charge in [-0.2, -0.15) is 0 Å². The molecule has 0 radical (unpaired) electrons. The molecule has 0 fully saturated rings. The number of rotatable bonds is 5. The minimum absolute atomic E-state index is 0.147. The number of hydrogen-bond donors (Lipinski definition) is 2. The van der Waals surface area contributed by atoms with Crippen LogP contribution < -0.4 is 20.8 Å². The molecule has 24 heavy (non-hydrogen) atoms. The average molecular weight is 324 g/mol. The van der Waals surface area contributed by atoms with Gasteiger partial charge in [-0.15, -0.1) is 0 Å². The maximum absolute atomic E-state index is 12.5. The van der Waals surface area contributed by atoms with Gasteiger partial charge in [0.1, 0.15) is 12.4 Å². The van der Waals surface area contributed by atoms with Crippen molar-refractivity contribution in [3.8, 4) is 22.8 Å². The Balaban J connectivity index is 2.33. The first-order chi connectivity index (χ1) is 11.7. The smallest absolute Gasteiger partial charge is 0.256 e. The van der Waals surface area contributed by atoms with Crippen LogP contribution in [0.15, 0.2) is 47.3 Å². The fourth-order valence-corrected chi connectivity index (χ4v) is 2.81. The highest BCUT2D eigenvalue weighted by molar-refractivity contribution is 5.95. The number of aromatic nitrogens is 1. The summed E-state index contributed by atoms with van der Waals surface area (Å²) in [6, 6.07) is 13.1. The number of methoxy groups -OCH3 is 1. The highest BCUT2D eigenvalue weighted by Gasteiger charge is 2.16. The summed E-state index contributed by atoms with van der Waals surface area (Å²) >= 11 is 0. The van der Waals surface area contributed by atoms with E-state index in [9.17, 15) is 4.79 Å². The molecule has 1 aromatic heterocycles. The van der Waals surface area contributed by atoms with Crippen molar-refractivity contribution in [1.29, 1.82) is 0 Å². The number of nitrogens with one attached hydrogen (secondary N) is 1. The first kappa shape index (κ1) is 16.1. The van der Waals surface area contributed by atoms with E-state index in [4.69, 9.17) is 15.2 Å². The molecule has 3 rings (SSSR count). The Morgan fingerprint density at radius 1 is 1.17 bits per heavy atom. The van der Waals surface area contributed by atoms with Gasteiger partial charge in [0.05, 0.1) is 18.2 Å². The molecule has 2 aromatic carbocycles. The van der Waals surface area contributed by atoms with Gasteiger partial charge in [-0.05, 0) is 30.7 Å². The van der Waals surface area contributed by atoms with Gasteiger partial charge in [0.2, 0.25) is 0 Å². The van der Waals surface area contributed by atoms with E-state index in [0.717, 1.165) is 16.5 Å². The van der Waals surface area contributed by atoms with Crippen LogP contribution in [0.4, 0.5) is 0 Å². The minimum atomic E-state index is -0.147. The highest BCUT2D eigenvalue weighted by Crippen LogP contribution is 2.36. The molecule has 0 atom stereocenters. The maximum atomic E-state index is 12.5. The van der Waals surface area contributed by atoms with E-state index in [1.165, 1.54) is 0 Å². The van der Waals surface area contributed by atoms with Gasteiger partial charge in [-0.3, -0.25) is 4.79 Å². The summed E-state index contributed by atoms with van der Waals surface area (Å²) in [6.45, 7) is 2.73. The summed E-state index contributed by atoms with van der Waals surface area (Å²) in [5.41, 5.74) is 7.90. The topological polar surface area (TPSA) is 77.3 Å². The minimum Gasteiger partial charge on any atom is -0.497 e. The van der Waals surface area contributed by atoms with Gasteiger partial charge in [0, 0.05) is 17.5 Å². The Morgan fingerprint density at radius 3 is 2.71 bits per heavy atom. The van der Waals surface area contributed by atoms with Crippen LogP contribution in [-0.2, 0) is 0 Å². The fourth-order valence-electron chi connectivity index (χ4n) is 2.81. The standard InChI is InChI=1S/C19H20N2O3/c1-12-5-3-8-15-16(12)18(24-10-9-20)17(21-19(15)22)13-6-4-7-14(11-13)23-2/h3-8,11H,9-10,20H2,1-2H3,(H,21,22). The molecule has 3 aromatic rings. The number of aromatic amines is 1. The van der Waals surface area contributed by atoms with Crippen LogP contribution >= 0.6 is 0 Å². The van der Waals surface area contributed by atoms with Crippen molar-refractivity contribution in [2.75, 3.05) is 20.3 Å². The quantitative estimate of drug-likeness (QED) is 0.756. The molecule has 0 aliphatic heterocycles. The number of H-pyrrole nitrogens is 1.